The number of likely N-dealkylation sites (N-methyl/N-ethyl adjacent to an activating group) is 1. The predicted molar refractivity (Wildman–Crippen MR) is 79.8 cm³/mol. The lowest BCUT2D eigenvalue weighted by atomic mass is 10.1. The summed E-state index contributed by atoms with van der Waals surface area (Å²) in [5.74, 6) is 0.416. The molecule has 0 aromatic heterocycles. The van der Waals surface area contributed by atoms with E-state index in [1.54, 1.807) is 0 Å². The molecule has 2 aromatic rings. The quantitative estimate of drug-likeness (QED) is 0.852. The molecule has 0 aliphatic heterocycles. The molecule has 2 nitrogen and oxygen atoms in total. The van der Waals surface area contributed by atoms with Crippen LogP contribution >= 0.6 is 0 Å². The van der Waals surface area contributed by atoms with Crippen LogP contribution in [-0.4, -0.2) is 13.1 Å². The number of ether oxygens (including phenoxy) is 1. The second-order valence-electron chi connectivity index (χ2n) is 4.85. The van der Waals surface area contributed by atoms with Gasteiger partial charge in [-0.05, 0) is 36.4 Å². The van der Waals surface area contributed by atoms with Crippen molar-refractivity contribution in [2.45, 2.75) is 19.2 Å². The van der Waals surface area contributed by atoms with Gasteiger partial charge in [-0.3, -0.25) is 0 Å². The smallest absolute Gasteiger partial charge is 0.416 e. The van der Waals surface area contributed by atoms with Crippen molar-refractivity contribution in [1.82, 2.24) is 5.32 Å². The van der Waals surface area contributed by atoms with Crippen LogP contribution in [0.1, 0.15) is 24.2 Å². The summed E-state index contributed by atoms with van der Waals surface area (Å²) in [6.07, 6.45) is -4.58. The van der Waals surface area contributed by atoms with Crippen LogP contribution in [0.4, 0.5) is 13.2 Å². The third-order valence-corrected chi connectivity index (χ3v) is 3.21. The first kappa shape index (κ1) is 16.4. The van der Waals surface area contributed by atoms with E-state index in [1.807, 2.05) is 37.3 Å². The van der Waals surface area contributed by atoms with Crippen molar-refractivity contribution in [2.24, 2.45) is 0 Å². The van der Waals surface area contributed by atoms with Crippen LogP contribution in [0, 0.1) is 0 Å². The summed E-state index contributed by atoms with van der Waals surface area (Å²) in [5.41, 5.74) is 0.297. The van der Waals surface area contributed by atoms with Gasteiger partial charge in [0.05, 0.1) is 5.56 Å². The molecular formula is C17H18F3NO. The number of hydrogen-bond donors (Lipinski definition) is 1. The monoisotopic (exact) mass is 309 g/mol. The molecule has 1 N–H and O–H groups in total. The first-order valence-electron chi connectivity index (χ1n) is 7.10. The van der Waals surface area contributed by atoms with E-state index >= 15 is 0 Å². The van der Waals surface area contributed by atoms with Gasteiger partial charge in [0.1, 0.15) is 11.9 Å². The molecule has 118 valence electrons. The molecule has 0 spiro atoms. The second kappa shape index (κ2) is 7.31. The Morgan fingerprint density at radius 3 is 2.18 bits per heavy atom. The zero-order valence-electron chi connectivity index (χ0n) is 12.2. The van der Waals surface area contributed by atoms with Gasteiger partial charge in [0, 0.05) is 6.54 Å². The zero-order chi connectivity index (χ0) is 16.0. The van der Waals surface area contributed by atoms with Gasteiger partial charge in [-0.15, -0.1) is 0 Å². The van der Waals surface area contributed by atoms with Crippen molar-refractivity contribution in [3.8, 4) is 5.75 Å². The summed E-state index contributed by atoms with van der Waals surface area (Å²) >= 11 is 0. The molecular weight excluding hydrogens is 291 g/mol. The third kappa shape index (κ3) is 4.49. The van der Waals surface area contributed by atoms with E-state index in [0.29, 0.717) is 12.3 Å². The number of hydrogen-bond acceptors (Lipinski definition) is 2. The van der Waals surface area contributed by atoms with E-state index in [9.17, 15) is 13.2 Å². The van der Waals surface area contributed by atoms with Crippen molar-refractivity contribution in [1.29, 1.82) is 0 Å². The van der Waals surface area contributed by atoms with Crippen LogP contribution in [0.5, 0.6) is 5.75 Å². The van der Waals surface area contributed by atoms with Crippen LogP contribution in [-0.2, 0) is 6.18 Å². The van der Waals surface area contributed by atoms with Crippen molar-refractivity contribution in [2.75, 3.05) is 13.1 Å². The summed E-state index contributed by atoms with van der Waals surface area (Å²) in [7, 11) is 0. The Labute approximate surface area is 127 Å². The van der Waals surface area contributed by atoms with Crippen LogP contribution < -0.4 is 10.1 Å². The molecule has 1 atom stereocenters. The highest BCUT2D eigenvalue weighted by Gasteiger charge is 2.30. The van der Waals surface area contributed by atoms with Gasteiger partial charge in [0.15, 0.2) is 0 Å². The fourth-order valence-corrected chi connectivity index (χ4v) is 2.06. The Morgan fingerprint density at radius 1 is 1.00 bits per heavy atom. The normalized spacial score (nSPS) is 12.9. The Morgan fingerprint density at radius 2 is 1.64 bits per heavy atom. The van der Waals surface area contributed by atoms with Crippen molar-refractivity contribution < 1.29 is 17.9 Å². The summed E-state index contributed by atoms with van der Waals surface area (Å²) in [4.78, 5) is 0. The van der Waals surface area contributed by atoms with Crippen LogP contribution in [0.3, 0.4) is 0 Å². The van der Waals surface area contributed by atoms with Crippen molar-refractivity contribution >= 4 is 0 Å². The van der Waals surface area contributed by atoms with Crippen LogP contribution in [0.25, 0.3) is 0 Å². The minimum atomic E-state index is -4.33. The Bertz CT molecular complexity index is 567. The van der Waals surface area contributed by atoms with Gasteiger partial charge < -0.3 is 10.1 Å². The van der Waals surface area contributed by atoms with Gasteiger partial charge in [-0.2, -0.15) is 13.2 Å². The topological polar surface area (TPSA) is 21.3 Å². The first-order valence-corrected chi connectivity index (χ1v) is 7.10. The largest absolute Gasteiger partial charge is 0.484 e. The fourth-order valence-electron chi connectivity index (χ4n) is 2.06. The molecule has 0 amide bonds. The summed E-state index contributed by atoms with van der Waals surface area (Å²) in [6.45, 7) is 3.36. The van der Waals surface area contributed by atoms with Crippen LogP contribution in [0.15, 0.2) is 54.6 Å². The van der Waals surface area contributed by atoms with Gasteiger partial charge in [-0.1, -0.05) is 37.3 Å². The number of nitrogens with one attached hydrogen (secondary N) is 1. The summed E-state index contributed by atoms with van der Waals surface area (Å²) in [5, 5.41) is 3.20. The molecule has 0 radical (unpaired) electrons. The number of alkyl halides is 3. The molecule has 2 rings (SSSR count). The molecule has 0 bridgehead atoms. The number of benzene rings is 2. The van der Waals surface area contributed by atoms with Gasteiger partial charge in [-0.25, -0.2) is 0 Å². The molecule has 0 aliphatic rings. The van der Waals surface area contributed by atoms with Crippen molar-refractivity contribution in [3.63, 3.8) is 0 Å². The molecule has 0 saturated carbocycles. The van der Waals surface area contributed by atoms with Gasteiger partial charge >= 0.3 is 6.18 Å². The molecule has 0 fully saturated rings. The first-order chi connectivity index (χ1) is 10.5. The van der Waals surface area contributed by atoms with Gasteiger partial charge in [0.25, 0.3) is 0 Å². The minimum absolute atomic E-state index is 0.252. The highest BCUT2D eigenvalue weighted by atomic mass is 19.4. The molecule has 0 aliphatic carbocycles. The maximum atomic E-state index is 12.6. The summed E-state index contributed by atoms with van der Waals surface area (Å²) < 4.78 is 43.5. The van der Waals surface area contributed by atoms with Gasteiger partial charge in [0.2, 0.25) is 0 Å². The Balaban J connectivity index is 2.13. The SMILES string of the molecule is CCNCC(Oc1ccc(C(F)(F)F)cc1)c1ccccc1. The third-order valence-electron chi connectivity index (χ3n) is 3.21. The highest BCUT2D eigenvalue weighted by molar-refractivity contribution is 5.30. The van der Waals surface area contributed by atoms with E-state index in [2.05, 4.69) is 5.32 Å². The summed E-state index contributed by atoms with van der Waals surface area (Å²) in [6, 6.07) is 14.4. The molecule has 0 saturated heterocycles. The highest BCUT2D eigenvalue weighted by Crippen LogP contribution is 2.31. The second-order valence-corrected chi connectivity index (χ2v) is 4.85. The molecule has 0 heterocycles. The molecule has 22 heavy (non-hydrogen) atoms. The van der Waals surface area contributed by atoms with E-state index in [-0.39, 0.29) is 6.10 Å². The average molecular weight is 309 g/mol. The van der Waals surface area contributed by atoms with E-state index < -0.39 is 11.7 Å². The molecule has 1 unspecified atom stereocenters. The molecule has 5 heteroatoms. The van der Waals surface area contributed by atoms with E-state index in [0.717, 1.165) is 24.2 Å². The maximum absolute atomic E-state index is 12.6. The fraction of sp³-hybridized carbons (Fsp3) is 0.294. The lowest BCUT2D eigenvalue weighted by Crippen LogP contribution is -2.24. The van der Waals surface area contributed by atoms with E-state index in [1.165, 1.54) is 12.1 Å². The maximum Gasteiger partial charge on any atom is 0.416 e. The van der Waals surface area contributed by atoms with E-state index in [4.69, 9.17) is 4.74 Å². The lowest BCUT2D eigenvalue weighted by molar-refractivity contribution is -0.137. The number of rotatable bonds is 6. The minimum Gasteiger partial charge on any atom is -0.484 e. The zero-order valence-corrected chi connectivity index (χ0v) is 12.2. The standard InChI is InChI=1S/C17H18F3NO/c1-2-21-12-16(13-6-4-3-5-7-13)22-15-10-8-14(9-11-15)17(18,19)20/h3-11,16,21H,2,12H2,1H3. The lowest BCUT2D eigenvalue weighted by Gasteiger charge is -2.20. The van der Waals surface area contributed by atoms with Crippen molar-refractivity contribution in [3.05, 3.63) is 65.7 Å². The number of halogens is 3. The Hall–Kier alpha value is -2.01. The molecule has 2 aromatic carbocycles. The predicted octanol–water partition coefficient (Wildman–Crippen LogP) is 4.44. The van der Waals surface area contributed by atoms with Crippen LogP contribution in [0.2, 0.25) is 0 Å². The average Bonchev–Trinajstić information content (AvgIpc) is 2.52. The Kier molecular flexibility index (Phi) is 5.44.